The second kappa shape index (κ2) is 8.31. The third-order valence-electron chi connectivity index (χ3n) is 5.00. The molecule has 0 fully saturated rings. The molecular weight excluding hydrogens is 358 g/mol. The molecule has 1 atom stereocenters. The Kier molecular flexibility index (Phi) is 5.43. The highest BCUT2D eigenvalue weighted by atomic mass is 16.4. The summed E-state index contributed by atoms with van der Waals surface area (Å²) in [5.41, 5.74) is 5.46. The Morgan fingerprint density at radius 2 is 1.31 bits per heavy atom. The van der Waals surface area contributed by atoms with Crippen molar-refractivity contribution in [3.63, 3.8) is 0 Å². The van der Waals surface area contributed by atoms with E-state index in [0.717, 1.165) is 16.8 Å². The molecule has 1 unspecified atom stereocenters. The molecule has 4 nitrogen and oxygen atoms in total. The van der Waals surface area contributed by atoms with Gasteiger partial charge in [-0.3, -0.25) is 0 Å². The molecule has 0 amide bonds. The molecule has 0 saturated heterocycles. The smallest absolute Gasteiger partial charge is 0.248 e. The van der Waals surface area contributed by atoms with Crippen LogP contribution in [0.5, 0.6) is 0 Å². The van der Waals surface area contributed by atoms with Gasteiger partial charge < -0.3 is 9.73 Å². The van der Waals surface area contributed by atoms with E-state index in [9.17, 15) is 0 Å². The summed E-state index contributed by atoms with van der Waals surface area (Å²) in [6.45, 7) is 6.55. The summed E-state index contributed by atoms with van der Waals surface area (Å²) < 4.78 is 5.87. The molecule has 0 aliphatic carbocycles. The summed E-state index contributed by atoms with van der Waals surface area (Å²) in [5.74, 6) is 1.50. The van der Waals surface area contributed by atoms with E-state index < -0.39 is 0 Å². The number of anilines is 1. The predicted molar refractivity (Wildman–Crippen MR) is 118 cm³/mol. The first-order chi connectivity index (χ1) is 14.1. The summed E-state index contributed by atoms with van der Waals surface area (Å²) in [6.07, 6.45) is 0. The molecule has 1 N–H and O–H groups in total. The second-order valence-electron chi connectivity index (χ2n) is 7.63. The Hall–Kier alpha value is -3.40. The van der Waals surface area contributed by atoms with Gasteiger partial charge in [0, 0.05) is 16.8 Å². The molecule has 4 rings (SSSR count). The maximum atomic E-state index is 5.87. The van der Waals surface area contributed by atoms with Crippen molar-refractivity contribution in [1.29, 1.82) is 0 Å². The Morgan fingerprint density at radius 3 is 1.90 bits per heavy atom. The van der Waals surface area contributed by atoms with Gasteiger partial charge in [0.05, 0.1) is 6.04 Å². The van der Waals surface area contributed by atoms with Crippen LogP contribution in [0.25, 0.3) is 22.9 Å². The average molecular weight is 383 g/mol. The van der Waals surface area contributed by atoms with E-state index in [4.69, 9.17) is 4.42 Å². The summed E-state index contributed by atoms with van der Waals surface area (Å²) in [5, 5.41) is 12.1. The van der Waals surface area contributed by atoms with Gasteiger partial charge in [0.25, 0.3) is 0 Å². The van der Waals surface area contributed by atoms with E-state index in [2.05, 4.69) is 72.7 Å². The van der Waals surface area contributed by atoms with Gasteiger partial charge >= 0.3 is 0 Å². The zero-order valence-electron chi connectivity index (χ0n) is 17.0. The maximum absolute atomic E-state index is 5.87. The molecule has 146 valence electrons. The number of hydrogen-bond acceptors (Lipinski definition) is 4. The molecule has 0 aliphatic rings. The third kappa shape index (κ3) is 4.37. The topological polar surface area (TPSA) is 51.0 Å². The van der Waals surface area contributed by atoms with Crippen LogP contribution in [0, 0.1) is 12.8 Å². The fourth-order valence-corrected chi connectivity index (χ4v) is 3.33. The van der Waals surface area contributed by atoms with Gasteiger partial charge in [0.2, 0.25) is 11.8 Å². The van der Waals surface area contributed by atoms with Crippen LogP contribution in [0.1, 0.15) is 31.0 Å². The van der Waals surface area contributed by atoms with E-state index in [1.165, 1.54) is 11.1 Å². The van der Waals surface area contributed by atoms with E-state index in [-0.39, 0.29) is 6.04 Å². The van der Waals surface area contributed by atoms with Crippen molar-refractivity contribution in [3.05, 3.63) is 90.0 Å². The Balaban J connectivity index is 1.54. The maximum Gasteiger partial charge on any atom is 0.248 e. The van der Waals surface area contributed by atoms with Crippen LogP contribution in [-0.4, -0.2) is 10.2 Å². The zero-order valence-corrected chi connectivity index (χ0v) is 17.0. The first-order valence-electron chi connectivity index (χ1n) is 9.92. The number of aryl methyl sites for hydroxylation is 1. The Bertz CT molecular complexity index is 1050. The molecule has 29 heavy (non-hydrogen) atoms. The lowest BCUT2D eigenvalue weighted by Gasteiger charge is -2.24. The van der Waals surface area contributed by atoms with Crippen LogP contribution < -0.4 is 5.32 Å². The lowest BCUT2D eigenvalue weighted by atomic mass is 9.95. The molecule has 0 radical (unpaired) electrons. The molecule has 0 bridgehead atoms. The van der Waals surface area contributed by atoms with Gasteiger partial charge in [-0.2, -0.15) is 0 Å². The number of nitrogens with one attached hydrogen (secondary N) is 1. The molecule has 1 aromatic heterocycles. The van der Waals surface area contributed by atoms with Gasteiger partial charge in [-0.1, -0.05) is 61.9 Å². The number of aromatic nitrogens is 2. The first-order valence-corrected chi connectivity index (χ1v) is 9.92. The van der Waals surface area contributed by atoms with Crippen molar-refractivity contribution in [1.82, 2.24) is 10.2 Å². The van der Waals surface area contributed by atoms with Gasteiger partial charge in [-0.05, 0) is 54.8 Å². The lowest BCUT2D eigenvalue weighted by Crippen LogP contribution is -2.16. The number of hydrogen-bond donors (Lipinski definition) is 1. The standard InChI is InChI=1S/C25H25N3O/c1-17(2)23(26-22-15-9-18(3)10-16-22)19-11-13-21(14-12-19)25-28-27-24(29-25)20-7-5-4-6-8-20/h4-17,23,26H,1-3H3. The largest absolute Gasteiger partial charge is 0.416 e. The first kappa shape index (κ1) is 18.9. The minimum Gasteiger partial charge on any atom is -0.416 e. The van der Waals surface area contributed by atoms with Crippen molar-refractivity contribution in [2.75, 3.05) is 5.32 Å². The number of benzene rings is 3. The van der Waals surface area contributed by atoms with Gasteiger partial charge in [-0.15, -0.1) is 10.2 Å². The van der Waals surface area contributed by atoms with Crippen molar-refractivity contribution >= 4 is 5.69 Å². The highest BCUT2D eigenvalue weighted by molar-refractivity contribution is 5.58. The van der Waals surface area contributed by atoms with Crippen molar-refractivity contribution in [2.24, 2.45) is 5.92 Å². The minimum absolute atomic E-state index is 0.217. The number of rotatable bonds is 6. The molecule has 1 heterocycles. The van der Waals surface area contributed by atoms with Crippen molar-refractivity contribution in [3.8, 4) is 22.9 Å². The monoisotopic (exact) mass is 383 g/mol. The van der Waals surface area contributed by atoms with Gasteiger partial charge in [0.15, 0.2) is 0 Å². The Labute approximate surface area is 171 Å². The molecule has 0 aliphatic heterocycles. The van der Waals surface area contributed by atoms with Crippen LogP contribution in [0.2, 0.25) is 0 Å². The lowest BCUT2D eigenvalue weighted by molar-refractivity contribution is 0.546. The quantitative estimate of drug-likeness (QED) is 0.412. The SMILES string of the molecule is Cc1ccc(NC(c2ccc(-c3nnc(-c4ccccc4)o3)cc2)C(C)C)cc1. The molecule has 4 aromatic rings. The Morgan fingerprint density at radius 1 is 0.724 bits per heavy atom. The molecular formula is C25H25N3O. The summed E-state index contributed by atoms with van der Waals surface area (Å²) in [6, 6.07) is 26.9. The highest BCUT2D eigenvalue weighted by Crippen LogP contribution is 2.29. The predicted octanol–water partition coefficient (Wildman–Crippen LogP) is 6.52. The summed E-state index contributed by atoms with van der Waals surface area (Å²) >= 11 is 0. The van der Waals surface area contributed by atoms with Crippen LogP contribution in [0.15, 0.2) is 83.3 Å². The number of nitrogens with zero attached hydrogens (tertiary/aromatic N) is 2. The molecule has 4 heteroatoms. The molecule has 0 spiro atoms. The van der Waals surface area contributed by atoms with Crippen LogP contribution >= 0.6 is 0 Å². The van der Waals surface area contributed by atoms with Gasteiger partial charge in [-0.25, -0.2) is 0 Å². The van der Waals surface area contributed by atoms with Crippen LogP contribution in [0.4, 0.5) is 5.69 Å². The van der Waals surface area contributed by atoms with E-state index >= 15 is 0 Å². The highest BCUT2D eigenvalue weighted by Gasteiger charge is 2.17. The normalized spacial score (nSPS) is 12.1. The molecule has 0 saturated carbocycles. The minimum atomic E-state index is 0.217. The van der Waals surface area contributed by atoms with Crippen LogP contribution in [0.3, 0.4) is 0 Å². The van der Waals surface area contributed by atoms with Gasteiger partial charge in [0.1, 0.15) is 0 Å². The van der Waals surface area contributed by atoms with E-state index in [0.29, 0.717) is 17.7 Å². The summed E-state index contributed by atoms with van der Waals surface area (Å²) in [4.78, 5) is 0. The fourth-order valence-electron chi connectivity index (χ4n) is 3.33. The van der Waals surface area contributed by atoms with E-state index in [1.54, 1.807) is 0 Å². The second-order valence-corrected chi connectivity index (χ2v) is 7.63. The van der Waals surface area contributed by atoms with Crippen LogP contribution in [-0.2, 0) is 0 Å². The van der Waals surface area contributed by atoms with Crippen molar-refractivity contribution < 1.29 is 4.42 Å². The zero-order chi connectivity index (χ0) is 20.2. The van der Waals surface area contributed by atoms with Crippen molar-refractivity contribution in [2.45, 2.75) is 26.8 Å². The fraction of sp³-hybridized carbons (Fsp3) is 0.200. The third-order valence-corrected chi connectivity index (χ3v) is 5.00. The summed E-state index contributed by atoms with van der Waals surface area (Å²) in [7, 11) is 0. The van der Waals surface area contributed by atoms with E-state index in [1.807, 2.05) is 42.5 Å². The molecule has 3 aromatic carbocycles. The average Bonchev–Trinajstić information content (AvgIpc) is 3.24.